The van der Waals surface area contributed by atoms with Crippen LogP contribution in [0.3, 0.4) is 0 Å². The lowest BCUT2D eigenvalue weighted by atomic mass is 10.2. The maximum atomic E-state index is 11.8. The van der Waals surface area contributed by atoms with E-state index in [2.05, 4.69) is 20.9 Å². The van der Waals surface area contributed by atoms with Gasteiger partial charge in [-0.2, -0.15) is 0 Å². The summed E-state index contributed by atoms with van der Waals surface area (Å²) in [6, 6.07) is 7.83. The second kappa shape index (κ2) is 13.1. The highest BCUT2D eigenvalue weighted by Gasteiger charge is 2.15. The first kappa shape index (κ1) is 22.2. The van der Waals surface area contributed by atoms with Crippen LogP contribution >= 0.6 is 0 Å². The van der Waals surface area contributed by atoms with Gasteiger partial charge in [0.2, 0.25) is 5.91 Å². The maximum Gasteiger partial charge on any atom is 0.224 e. The lowest BCUT2D eigenvalue weighted by Crippen LogP contribution is -2.38. The van der Waals surface area contributed by atoms with Gasteiger partial charge in [0, 0.05) is 38.4 Å². The molecule has 0 saturated carbocycles. The molecule has 1 atom stereocenters. The van der Waals surface area contributed by atoms with Crippen molar-refractivity contribution in [3.63, 3.8) is 0 Å². The number of aliphatic imine (C=N–C) groups is 1. The normalized spacial score (nSPS) is 16.8. The fourth-order valence-corrected chi connectivity index (χ4v) is 2.88. The predicted molar refractivity (Wildman–Crippen MR) is 113 cm³/mol. The fraction of sp³-hybridized carbons (Fsp3) is 0.619. The third-order valence-electron chi connectivity index (χ3n) is 4.31. The van der Waals surface area contributed by atoms with Crippen LogP contribution in [0.5, 0.6) is 0 Å². The van der Waals surface area contributed by atoms with Gasteiger partial charge in [-0.3, -0.25) is 4.79 Å². The third kappa shape index (κ3) is 8.71. The Kier molecular flexibility index (Phi) is 10.4. The van der Waals surface area contributed by atoms with Crippen LogP contribution in [0.4, 0.5) is 5.69 Å². The van der Waals surface area contributed by atoms with Gasteiger partial charge in [-0.1, -0.05) is 19.1 Å². The molecule has 1 unspecified atom stereocenters. The molecule has 1 aliphatic heterocycles. The Bertz CT molecular complexity index is 615. The van der Waals surface area contributed by atoms with Crippen LogP contribution in [0.2, 0.25) is 0 Å². The van der Waals surface area contributed by atoms with Crippen molar-refractivity contribution < 1.29 is 14.3 Å². The molecular formula is C21H34N4O3. The average Bonchev–Trinajstić information content (AvgIpc) is 3.20. The van der Waals surface area contributed by atoms with Gasteiger partial charge in [0.1, 0.15) is 0 Å². The van der Waals surface area contributed by atoms with E-state index in [1.807, 2.05) is 38.1 Å². The van der Waals surface area contributed by atoms with Crippen LogP contribution in [-0.2, 0) is 20.8 Å². The molecule has 1 fully saturated rings. The van der Waals surface area contributed by atoms with Crippen LogP contribution in [-0.4, -0.2) is 50.9 Å². The van der Waals surface area contributed by atoms with Crippen molar-refractivity contribution in [1.29, 1.82) is 0 Å². The molecule has 1 saturated heterocycles. The summed E-state index contributed by atoms with van der Waals surface area (Å²) in [6.07, 6.45) is 3.54. The van der Waals surface area contributed by atoms with Crippen LogP contribution in [0.25, 0.3) is 0 Å². The average molecular weight is 391 g/mol. The zero-order chi connectivity index (χ0) is 20.0. The minimum Gasteiger partial charge on any atom is -0.379 e. The van der Waals surface area contributed by atoms with Crippen molar-refractivity contribution >= 4 is 17.6 Å². The van der Waals surface area contributed by atoms with E-state index in [9.17, 15) is 4.79 Å². The molecule has 0 aromatic heterocycles. The third-order valence-corrected chi connectivity index (χ3v) is 4.31. The number of nitrogens with one attached hydrogen (secondary N) is 3. The van der Waals surface area contributed by atoms with Gasteiger partial charge in [0.25, 0.3) is 0 Å². The molecule has 1 aromatic rings. The number of nitrogens with zero attached hydrogens (tertiary/aromatic N) is 1. The van der Waals surface area contributed by atoms with Crippen LogP contribution in [0.1, 0.15) is 45.1 Å². The molecule has 0 aliphatic carbocycles. The molecule has 156 valence electrons. The van der Waals surface area contributed by atoms with E-state index in [1.165, 1.54) is 0 Å². The summed E-state index contributed by atoms with van der Waals surface area (Å²) >= 11 is 0. The van der Waals surface area contributed by atoms with Gasteiger partial charge in [-0.15, -0.1) is 0 Å². The van der Waals surface area contributed by atoms with Crippen molar-refractivity contribution in [2.45, 2.75) is 52.2 Å². The highest BCUT2D eigenvalue weighted by Crippen LogP contribution is 2.12. The van der Waals surface area contributed by atoms with Crippen LogP contribution in [0.15, 0.2) is 29.3 Å². The molecule has 1 amide bonds. The van der Waals surface area contributed by atoms with E-state index in [0.717, 1.165) is 69.4 Å². The summed E-state index contributed by atoms with van der Waals surface area (Å²) in [5, 5.41) is 9.52. The molecular weight excluding hydrogens is 356 g/mol. The number of ether oxygens (including phenoxy) is 2. The minimum absolute atomic E-state index is 0.0459. The molecule has 1 aromatic carbocycles. The van der Waals surface area contributed by atoms with Crippen LogP contribution in [0, 0.1) is 0 Å². The first-order valence-corrected chi connectivity index (χ1v) is 10.3. The number of rotatable bonds is 11. The molecule has 0 spiro atoms. The van der Waals surface area contributed by atoms with E-state index in [4.69, 9.17) is 9.47 Å². The van der Waals surface area contributed by atoms with Gasteiger partial charge >= 0.3 is 0 Å². The number of amides is 1. The Balaban J connectivity index is 1.76. The summed E-state index contributed by atoms with van der Waals surface area (Å²) in [5.74, 6) is 0.830. The Morgan fingerprint density at radius 2 is 2.21 bits per heavy atom. The topological polar surface area (TPSA) is 84.0 Å². The molecule has 3 N–H and O–H groups in total. The zero-order valence-electron chi connectivity index (χ0n) is 17.1. The van der Waals surface area contributed by atoms with Crippen molar-refractivity contribution in [2.75, 3.05) is 38.2 Å². The Morgan fingerprint density at radius 3 is 2.96 bits per heavy atom. The van der Waals surface area contributed by atoms with Gasteiger partial charge in [-0.25, -0.2) is 4.99 Å². The van der Waals surface area contributed by atoms with E-state index in [-0.39, 0.29) is 12.0 Å². The summed E-state index contributed by atoms with van der Waals surface area (Å²) in [5.41, 5.74) is 1.87. The first-order chi connectivity index (χ1) is 13.7. The van der Waals surface area contributed by atoms with E-state index in [1.54, 1.807) is 0 Å². The number of hydrogen-bond donors (Lipinski definition) is 3. The van der Waals surface area contributed by atoms with Crippen molar-refractivity contribution in [3.8, 4) is 0 Å². The smallest absolute Gasteiger partial charge is 0.224 e. The summed E-state index contributed by atoms with van der Waals surface area (Å²) in [4.78, 5) is 16.4. The quantitative estimate of drug-likeness (QED) is 0.307. The van der Waals surface area contributed by atoms with Crippen molar-refractivity contribution in [2.24, 2.45) is 4.99 Å². The summed E-state index contributed by atoms with van der Waals surface area (Å²) < 4.78 is 11.1. The van der Waals surface area contributed by atoms with E-state index >= 15 is 0 Å². The molecule has 0 bridgehead atoms. The number of anilines is 1. The lowest BCUT2D eigenvalue weighted by molar-refractivity contribution is -0.116. The van der Waals surface area contributed by atoms with E-state index < -0.39 is 0 Å². The van der Waals surface area contributed by atoms with Gasteiger partial charge in [-0.05, 0) is 43.9 Å². The minimum atomic E-state index is 0.0459. The molecule has 7 nitrogen and oxygen atoms in total. The maximum absolute atomic E-state index is 11.8. The predicted octanol–water partition coefficient (Wildman–Crippen LogP) is 2.68. The van der Waals surface area contributed by atoms with Gasteiger partial charge < -0.3 is 25.4 Å². The summed E-state index contributed by atoms with van der Waals surface area (Å²) in [6.45, 7) is 8.43. The van der Waals surface area contributed by atoms with Crippen molar-refractivity contribution in [3.05, 3.63) is 29.8 Å². The van der Waals surface area contributed by atoms with Crippen LogP contribution < -0.4 is 16.0 Å². The molecule has 28 heavy (non-hydrogen) atoms. The lowest BCUT2D eigenvalue weighted by Gasteiger charge is -2.13. The van der Waals surface area contributed by atoms with Gasteiger partial charge in [0.15, 0.2) is 5.96 Å². The molecule has 0 radical (unpaired) electrons. The highest BCUT2D eigenvalue weighted by molar-refractivity contribution is 5.90. The zero-order valence-corrected chi connectivity index (χ0v) is 17.1. The number of hydrogen-bond acceptors (Lipinski definition) is 4. The Hall–Kier alpha value is -2.12. The number of guanidine groups is 1. The fourth-order valence-electron chi connectivity index (χ4n) is 2.88. The highest BCUT2D eigenvalue weighted by atomic mass is 16.5. The first-order valence-electron chi connectivity index (χ1n) is 10.3. The Morgan fingerprint density at radius 1 is 1.32 bits per heavy atom. The largest absolute Gasteiger partial charge is 0.379 e. The monoisotopic (exact) mass is 390 g/mol. The molecule has 2 rings (SSSR count). The van der Waals surface area contributed by atoms with Gasteiger partial charge in [0.05, 0.1) is 19.3 Å². The SMILES string of the molecule is CCCC(=O)Nc1cccc(CN=C(NCC)NCCCOC2CCOC2)c1. The molecule has 7 heteroatoms. The number of carbonyl (C=O) groups is 1. The number of carbonyl (C=O) groups excluding carboxylic acids is 1. The van der Waals surface area contributed by atoms with E-state index in [0.29, 0.717) is 13.0 Å². The molecule has 1 aliphatic rings. The number of benzene rings is 1. The Labute approximate surface area is 168 Å². The summed E-state index contributed by atoms with van der Waals surface area (Å²) in [7, 11) is 0. The second-order valence-electron chi connectivity index (χ2n) is 6.83. The standard InChI is InChI=1S/C21H34N4O3/c1-3-7-20(26)25-18-9-5-8-17(14-18)15-24-21(22-4-2)23-11-6-12-28-19-10-13-27-16-19/h5,8-9,14,19H,3-4,6-7,10-13,15-16H2,1-2H3,(H,25,26)(H2,22,23,24). The van der Waals surface area contributed by atoms with Crippen molar-refractivity contribution in [1.82, 2.24) is 10.6 Å². The molecule has 1 heterocycles. The second-order valence-corrected chi connectivity index (χ2v) is 6.83.